The molecule has 0 aliphatic heterocycles. The van der Waals surface area contributed by atoms with Crippen molar-refractivity contribution in [1.82, 2.24) is 10.3 Å². The van der Waals surface area contributed by atoms with E-state index >= 15 is 0 Å². The molecule has 2 N–H and O–H groups in total. The van der Waals surface area contributed by atoms with E-state index in [2.05, 4.69) is 0 Å². The first-order valence-corrected chi connectivity index (χ1v) is 8.42. The summed E-state index contributed by atoms with van der Waals surface area (Å²) >= 11 is 0. The van der Waals surface area contributed by atoms with E-state index in [0.29, 0.717) is 5.56 Å². The molecule has 126 valence electrons. The Hall–Kier alpha value is -2.71. The third kappa shape index (κ3) is 5.82. The molecule has 0 fully saturated rings. The summed E-state index contributed by atoms with van der Waals surface area (Å²) in [5, 5.41) is 0.917. The highest BCUT2D eigenvalue weighted by molar-refractivity contribution is 7.92. The number of carbonyl (C=O) groups is 1. The molecule has 24 heavy (non-hydrogen) atoms. The summed E-state index contributed by atoms with van der Waals surface area (Å²) < 4.78 is 41.7. The fraction of sp³-hybridized carbons (Fsp3) is 0.0625. The van der Waals surface area contributed by atoms with Crippen molar-refractivity contribution in [3.05, 3.63) is 71.4 Å². The number of rotatable bonds is 7. The third-order valence-electron chi connectivity index (χ3n) is 2.77. The second-order valence-corrected chi connectivity index (χ2v) is 6.19. The summed E-state index contributed by atoms with van der Waals surface area (Å²) in [6.07, 6.45) is 1.38. The summed E-state index contributed by atoms with van der Waals surface area (Å²) in [6.45, 7) is -0.536. The number of hydrogen-bond acceptors (Lipinski definition) is 4. The molecule has 0 saturated heterocycles. The van der Waals surface area contributed by atoms with Crippen LogP contribution >= 0.6 is 0 Å². The van der Waals surface area contributed by atoms with E-state index in [9.17, 15) is 17.6 Å². The number of benzene rings is 2. The minimum atomic E-state index is -3.86. The zero-order valence-electron chi connectivity index (χ0n) is 12.5. The number of para-hydroxylation sites is 1. The first-order chi connectivity index (χ1) is 11.5. The summed E-state index contributed by atoms with van der Waals surface area (Å²) in [7, 11) is -3.86. The van der Waals surface area contributed by atoms with Crippen LogP contribution in [0.2, 0.25) is 0 Å². The van der Waals surface area contributed by atoms with Crippen molar-refractivity contribution in [2.45, 2.75) is 0 Å². The highest BCUT2D eigenvalue weighted by Crippen LogP contribution is 2.14. The predicted molar refractivity (Wildman–Crippen MR) is 87.6 cm³/mol. The Bertz CT molecular complexity index is 823. The van der Waals surface area contributed by atoms with E-state index in [1.165, 1.54) is 24.3 Å². The standard InChI is InChI=1S/C16H15FN2O4S/c17-14-8-4-5-9-15(14)23-12-16(20)18-19-24(21,22)11-10-13-6-2-1-3-7-13/h1-11,19H,12H2,(H,18,20)/b11-10+. The van der Waals surface area contributed by atoms with Crippen molar-refractivity contribution < 1.29 is 22.3 Å². The van der Waals surface area contributed by atoms with Crippen LogP contribution in [0.15, 0.2) is 60.0 Å². The Labute approximate surface area is 139 Å². The van der Waals surface area contributed by atoms with Gasteiger partial charge in [-0.25, -0.2) is 12.8 Å². The number of carbonyl (C=O) groups excluding carboxylic acids is 1. The van der Waals surface area contributed by atoms with Gasteiger partial charge in [0.05, 0.1) is 0 Å². The Morgan fingerprint density at radius 1 is 1.08 bits per heavy atom. The second kappa shape index (κ2) is 8.23. The molecule has 0 atom stereocenters. The van der Waals surface area contributed by atoms with Gasteiger partial charge in [-0.1, -0.05) is 42.5 Å². The molecule has 8 heteroatoms. The summed E-state index contributed by atoms with van der Waals surface area (Å²) in [5.74, 6) is -1.48. The molecule has 0 unspecified atom stereocenters. The molecule has 2 rings (SSSR count). The molecule has 0 spiro atoms. The minimum absolute atomic E-state index is 0.0977. The van der Waals surface area contributed by atoms with Crippen molar-refractivity contribution >= 4 is 22.0 Å². The molecule has 0 radical (unpaired) electrons. The summed E-state index contributed by atoms with van der Waals surface area (Å²) in [6, 6.07) is 14.4. The molecule has 0 bridgehead atoms. The number of ether oxygens (including phenoxy) is 1. The van der Waals surface area contributed by atoms with Crippen molar-refractivity contribution in [2.24, 2.45) is 0 Å². The molecule has 2 aromatic rings. The van der Waals surface area contributed by atoms with Gasteiger partial charge in [-0.05, 0) is 23.8 Å². The van der Waals surface area contributed by atoms with Crippen LogP contribution in [0.25, 0.3) is 6.08 Å². The number of hydrogen-bond donors (Lipinski definition) is 2. The fourth-order valence-electron chi connectivity index (χ4n) is 1.64. The van der Waals surface area contributed by atoms with Crippen LogP contribution in [-0.4, -0.2) is 20.9 Å². The Morgan fingerprint density at radius 2 is 1.75 bits per heavy atom. The largest absolute Gasteiger partial charge is 0.481 e. The topological polar surface area (TPSA) is 84.5 Å². The Morgan fingerprint density at radius 3 is 2.46 bits per heavy atom. The lowest BCUT2D eigenvalue weighted by molar-refractivity contribution is -0.123. The number of hydrazine groups is 1. The molecule has 0 saturated carbocycles. The quantitative estimate of drug-likeness (QED) is 0.746. The van der Waals surface area contributed by atoms with Crippen molar-refractivity contribution in [3.63, 3.8) is 0 Å². The monoisotopic (exact) mass is 350 g/mol. The first kappa shape index (κ1) is 17.6. The normalized spacial score (nSPS) is 11.4. The third-order valence-corrected chi connectivity index (χ3v) is 3.65. The van der Waals surface area contributed by atoms with E-state index in [4.69, 9.17) is 4.74 Å². The Kier molecular flexibility index (Phi) is 6.05. The number of sulfonamides is 1. The first-order valence-electron chi connectivity index (χ1n) is 6.87. The average molecular weight is 350 g/mol. The smallest absolute Gasteiger partial charge is 0.272 e. The second-order valence-electron chi connectivity index (χ2n) is 4.63. The SMILES string of the molecule is O=C(COc1ccccc1F)NNS(=O)(=O)/C=C/c1ccccc1. The van der Waals surface area contributed by atoms with Gasteiger partial charge in [0.1, 0.15) is 0 Å². The summed E-state index contributed by atoms with van der Waals surface area (Å²) in [5.41, 5.74) is 2.67. The van der Waals surface area contributed by atoms with E-state index in [1.54, 1.807) is 36.4 Å². The minimum Gasteiger partial charge on any atom is -0.481 e. The van der Waals surface area contributed by atoms with Gasteiger partial charge >= 0.3 is 0 Å². The van der Waals surface area contributed by atoms with Crippen molar-refractivity contribution in [1.29, 1.82) is 0 Å². The molecule has 0 heterocycles. The molecular formula is C16H15FN2O4S. The zero-order valence-corrected chi connectivity index (χ0v) is 13.3. The lowest BCUT2D eigenvalue weighted by atomic mass is 10.2. The maximum absolute atomic E-state index is 13.3. The average Bonchev–Trinajstić information content (AvgIpc) is 2.59. The molecule has 6 nitrogen and oxygen atoms in total. The van der Waals surface area contributed by atoms with Gasteiger partial charge in [0.15, 0.2) is 18.2 Å². The van der Waals surface area contributed by atoms with Gasteiger partial charge in [-0.15, -0.1) is 4.83 Å². The Balaban J connectivity index is 1.82. The molecular weight excluding hydrogens is 335 g/mol. The van der Waals surface area contributed by atoms with E-state index in [1.807, 2.05) is 10.3 Å². The number of nitrogens with one attached hydrogen (secondary N) is 2. The van der Waals surface area contributed by atoms with Crippen LogP contribution in [0.1, 0.15) is 5.56 Å². The molecule has 0 aromatic heterocycles. The van der Waals surface area contributed by atoms with Gasteiger partial charge in [0.25, 0.3) is 15.9 Å². The number of amides is 1. The highest BCUT2D eigenvalue weighted by atomic mass is 32.2. The van der Waals surface area contributed by atoms with Crippen LogP contribution < -0.4 is 15.0 Å². The maximum Gasteiger partial charge on any atom is 0.272 e. The molecule has 0 aliphatic carbocycles. The zero-order chi connectivity index (χ0) is 17.4. The fourth-order valence-corrected chi connectivity index (χ4v) is 2.30. The molecule has 2 aromatic carbocycles. The van der Waals surface area contributed by atoms with Crippen LogP contribution in [0.5, 0.6) is 5.75 Å². The van der Waals surface area contributed by atoms with E-state index in [0.717, 1.165) is 5.41 Å². The van der Waals surface area contributed by atoms with Crippen molar-refractivity contribution in [3.8, 4) is 5.75 Å². The van der Waals surface area contributed by atoms with Gasteiger partial charge in [-0.3, -0.25) is 10.2 Å². The van der Waals surface area contributed by atoms with Gasteiger partial charge in [0, 0.05) is 5.41 Å². The van der Waals surface area contributed by atoms with Crippen LogP contribution in [0.4, 0.5) is 4.39 Å². The predicted octanol–water partition coefficient (Wildman–Crippen LogP) is 1.83. The highest BCUT2D eigenvalue weighted by Gasteiger charge is 2.09. The van der Waals surface area contributed by atoms with Gasteiger partial charge in [-0.2, -0.15) is 0 Å². The summed E-state index contributed by atoms with van der Waals surface area (Å²) in [4.78, 5) is 13.4. The number of halogens is 1. The molecule has 1 amide bonds. The molecule has 0 aliphatic rings. The maximum atomic E-state index is 13.3. The van der Waals surface area contributed by atoms with Crippen LogP contribution in [-0.2, 0) is 14.8 Å². The van der Waals surface area contributed by atoms with Gasteiger partial charge in [0.2, 0.25) is 0 Å². The lowest BCUT2D eigenvalue weighted by Crippen LogP contribution is -2.42. The van der Waals surface area contributed by atoms with E-state index < -0.39 is 28.4 Å². The van der Waals surface area contributed by atoms with Gasteiger partial charge < -0.3 is 4.74 Å². The lowest BCUT2D eigenvalue weighted by Gasteiger charge is -2.08. The van der Waals surface area contributed by atoms with E-state index in [-0.39, 0.29) is 5.75 Å². The van der Waals surface area contributed by atoms with Crippen LogP contribution in [0.3, 0.4) is 0 Å². The van der Waals surface area contributed by atoms with Crippen LogP contribution in [0, 0.1) is 5.82 Å². The van der Waals surface area contributed by atoms with Crippen molar-refractivity contribution in [2.75, 3.05) is 6.61 Å².